The monoisotopic (exact) mass is 497 g/mol. The zero-order chi connectivity index (χ0) is 23.6. The number of hydrogen-bond donors (Lipinski definition) is 1. The minimum absolute atomic E-state index is 0.0336. The third-order valence-electron chi connectivity index (χ3n) is 5.26. The second-order valence-corrected chi connectivity index (χ2v) is 9.54. The first-order chi connectivity index (χ1) is 15.7. The number of pyridine rings is 2. The maximum Gasteiger partial charge on any atom is 0.287 e. The summed E-state index contributed by atoms with van der Waals surface area (Å²) in [5, 5.41) is 3.32. The van der Waals surface area contributed by atoms with Gasteiger partial charge in [-0.3, -0.25) is 4.79 Å². The van der Waals surface area contributed by atoms with Gasteiger partial charge in [-0.25, -0.2) is 18.7 Å². The van der Waals surface area contributed by atoms with E-state index in [-0.39, 0.29) is 39.8 Å². The first-order valence-electron chi connectivity index (χ1n) is 10.2. The molecule has 3 aromatic rings. The Hall–Kier alpha value is -2.66. The predicted octanol–water partition coefficient (Wildman–Crippen LogP) is 4.47. The number of carbonyl (C=O) groups is 1. The predicted molar refractivity (Wildman–Crippen MR) is 122 cm³/mol. The Morgan fingerprint density at radius 1 is 1.33 bits per heavy atom. The van der Waals surface area contributed by atoms with Gasteiger partial charge in [0.2, 0.25) is 11.7 Å². The molecule has 0 spiro atoms. The number of fused-ring (bicyclic) bond motifs is 1. The number of aromatic nitrogens is 4. The molecule has 33 heavy (non-hydrogen) atoms. The number of thioether (sulfide) groups is 1. The van der Waals surface area contributed by atoms with Crippen molar-refractivity contribution in [1.82, 2.24) is 24.8 Å². The van der Waals surface area contributed by atoms with Gasteiger partial charge in [0.25, 0.3) is 18.2 Å². The highest BCUT2D eigenvalue weighted by Gasteiger charge is 2.30. The second kappa shape index (κ2) is 9.68. The molecule has 1 amide bonds. The zero-order valence-electron chi connectivity index (χ0n) is 18.0. The van der Waals surface area contributed by atoms with E-state index >= 15 is 0 Å². The first-order valence-corrected chi connectivity index (χ1v) is 11.8. The molecule has 176 valence electrons. The maximum atomic E-state index is 12.9. The van der Waals surface area contributed by atoms with Crippen molar-refractivity contribution in [1.29, 1.82) is 0 Å². The van der Waals surface area contributed by atoms with Crippen LogP contribution in [0.25, 0.3) is 11.2 Å². The van der Waals surface area contributed by atoms with E-state index in [2.05, 4.69) is 20.3 Å². The van der Waals surface area contributed by atoms with Crippen molar-refractivity contribution in [2.45, 2.75) is 31.7 Å². The highest BCUT2D eigenvalue weighted by atomic mass is 35.5. The lowest BCUT2D eigenvalue weighted by Crippen LogP contribution is -2.48. The number of hydrogen-bond acceptors (Lipinski definition) is 7. The largest absolute Gasteiger partial charge is 0.482 e. The van der Waals surface area contributed by atoms with Crippen LogP contribution in [-0.2, 0) is 7.05 Å². The first kappa shape index (κ1) is 23.5. The summed E-state index contributed by atoms with van der Waals surface area (Å²) in [7, 11) is 1.69. The summed E-state index contributed by atoms with van der Waals surface area (Å²) in [5.41, 5.74) is 0.667. The van der Waals surface area contributed by atoms with Crippen molar-refractivity contribution in [3.8, 4) is 17.5 Å². The Balaban J connectivity index is 1.57. The lowest BCUT2D eigenvalue weighted by molar-refractivity contribution is 0.0803. The van der Waals surface area contributed by atoms with Gasteiger partial charge in [-0.15, -0.1) is 0 Å². The number of alkyl halides is 2. The van der Waals surface area contributed by atoms with Crippen molar-refractivity contribution in [2.75, 3.05) is 18.1 Å². The number of halogens is 3. The van der Waals surface area contributed by atoms with Gasteiger partial charge in [0, 0.05) is 30.9 Å². The van der Waals surface area contributed by atoms with Crippen molar-refractivity contribution in [3.05, 3.63) is 35.2 Å². The molecule has 12 heteroatoms. The van der Waals surface area contributed by atoms with Gasteiger partial charge < -0.3 is 19.4 Å². The highest BCUT2D eigenvalue weighted by molar-refractivity contribution is 7.99. The van der Waals surface area contributed by atoms with Gasteiger partial charge in [-0.05, 0) is 37.3 Å². The number of nitrogens with one attached hydrogen (secondary N) is 1. The average molecular weight is 498 g/mol. The summed E-state index contributed by atoms with van der Waals surface area (Å²) < 4.78 is 37.4. The summed E-state index contributed by atoms with van der Waals surface area (Å²) in [6.45, 7) is 1.22. The van der Waals surface area contributed by atoms with Crippen LogP contribution < -0.4 is 14.8 Å². The van der Waals surface area contributed by atoms with Crippen LogP contribution in [0.4, 0.5) is 8.78 Å². The van der Waals surface area contributed by atoms with Crippen LogP contribution in [0.5, 0.6) is 17.5 Å². The fourth-order valence-electron chi connectivity index (χ4n) is 3.42. The number of ether oxygens (including phenoxy) is 2. The van der Waals surface area contributed by atoms with Crippen LogP contribution >= 0.6 is 23.4 Å². The van der Waals surface area contributed by atoms with E-state index in [0.29, 0.717) is 11.2 Å². The summed E-state index contributed by atoms with van der Waals surface area (Å²) >= 11 is 7.78. The molecule has 3 aromatic heterocycles. The lowest BCUT2D eigenvalue weighted by Gasteiger charge is -2.34. The van der Waals surface area contributed by atoms with Crippen LogP contribution in [0.2, 0.25) is 5.02 Å². The van der Waals surface area contributed by atoms with Crippen LogP contribution in [-0.4, -0.2) is 55.5 Å². The maximum absolute atomic E-state index is 12.9. The SMILES string of the molecule is Cn1c(C(=O)NC2(C)CCSCC2)nc2ccc(Oc3ncc(Cl)cc3OCC(F)F)nc21. The van der Waals surface area contributed by atoms with Crippen LogP contribution in [0.1, 0.15) is 30.4 Å². The Morgan fingerprint density at radius 3 is 2.82 bits per heavy atom. The molecule has 0 aromatic carbocycles. The number of amides is 1. The van der Waals surface area contributed by atoms with E-state index in [9.17, 15) is 13.6 Å². The van der Waals surface area contributed by atoms with Gasteiger partial charge >= 0.3 is 0 Å². The van der Waals surface area contributed by atoms with Crippen molar-refractivity contribution in [3.63, 3.8) is 0 Å². The highest BCUT2D eigenvalue weighted by Crippen LogP contribution is 2.32. The molecule has 1 saturated heterocycles. The van der Waals surface area contributed by atoms with Crippen molar-refractivity contribution in [2.24, 2.45) is 7.05 Å². The van der Waals surface area contributed by atoms with E-state index in [0.717, 1.165) is 24.3 Å². The lowest BCUT2D eigenvalue weighted by atomic mass is 9.95. The molecule has 0 aliphatic carbocycles. The van der Waals surface area contributed by atoms with Crippen molar-refractivity contribution >= 4 is 40.4 Å². The summed E-state index contributed by atoms with van der Waals surface area (Å²) in [6.07, 6.45) is 0.433. The molecular formula is C21H22ClF2N5O3S. The number of carbonyl (C=O) groups excluding carboxylic acids is 1. The van der Waals surface area contributed by atoms with E-state index in [1.54, 1.807) is 23.7 Å². The summed E-state index contributed by atoms with van der Waals surface area (Å²) in [5.74, 6) is 2.01. The third-order valence-corrected chi connectivity index (χ3v) is 6.45. The molecule has 1 aliphatic rings. The fraction of sp³-hybridized carbons (Fsp3) is 0.429. The molecule has 0 bridgehead atoms. The zero-order valence-corrected chi connectivity index (χ0v) is 19.6. The topological polar surface area (TPSA) is 91.2 Å². The van der Waals surface area contributed by atoms with Gasteiger partial charge in [-0.1, -0.05) is 11.6 Å². The molecule has 4 heterocycles. The van der Waals surface area contributed by atoms with Crippen molar-refractivity contribution < 1.29 is 23.0 Å². The van der Waals surface area contributed by atoms with E-state index in [1.807, 2.05) is 18.7 Å². The molecule has 0 saturated carbocycles. The molecule has 8 nitrogen and oxygen atoms in total. The van der Waals surface area contributed by atoms with Crippen LogP contribution in [0, 0.1) is 0 Å². The van der Waals surface area contributed by atoms with Gasteiger partial charge in [0.1, 0.15) is 12.1 Å². The van der Waals surface area contributed by atoms with Crippen LogP contribution in [0.15, 0.2) is 24.4 Å². The summed E-state index contributed by atoms with van der Waals surface area (Å²) in [6, 6.07) is 4.54. The number of aryl methyl sites for hydroxylation is 1. The minimum atomic E-state index is -2.67. The standard InChI is InChI=1S/C21H22ClF2N5O3S/c1-21(5-7-33-8-6-21)28-19(30)18-26-13-3-4-16(27-17(13)29(18)2)32-20-14(31-11-15(23)24)9-12(22)10-25-20/h3-4,9-10,15H,5-8,11H2,1-2H3,(H,28,30). The quantitative estimate of drug-likeness (QED) is 0.515. The number of imidazole rings is 1. The molecule has 0 unspecified atom stereocenters. The molecule has 1 N–H and O–H groups in total. The molecule has 0 radical (unpaired) electrons. The fourth-order valence-corrected chi connectivity index (χ4v) is 4.97. The van der Waals surface area contributed by atoms with Crippen LogP contribution in [0.3, 0.4) is 0 Å². The Bertz CT molecular complexity index is 1170. The smallest absolute Gasteiger partial charge is 0.287 e. The van der Waals surface area contributed by atoms with Gasteiger partial charge in [-0.2, -0.15) is 16.7 Å². The minimum Gasteiger partial charge on any atom is -0.482 e. The van der Waals surface area contributed by atoms with E-state index in [4.69, 9.17) is 21.1 Å². The number of nitrogens with zero attached hydrogens (tertiary/aromatic N) is 4. The average Bonchev–Trinajstić information content (AvgIpc) is 3.10. The summed E-state index contributed by atoms with van der Waals surface area (Å²) in [4.78, 5) is 25.8. The molecule has 0 atom stereocenters. The third kappa shape index (κ3) is 5.47. The van der Waals surface area contributed by atoms with Gasteiger partial charge in [0.05, 0.1) is 5.02 Å². The molecule has 1 fully saturated rings. The number of rotatable bonds is 7. The Labute approximate surface area is 198 Å². The molecular weight excluding hydrogens is 476 g/mol. The van der Waals surface area contributed by atoms with E-state index < -0.39 is 13.0 Å². The Kier molecular flexibility index (Phi) is 6.89. The molecule has 4 rings (SSSR count). The molecule has 1 aliphatic heterocycles. The van der Waals surface area contributed by atoms with E-state index in [1.165, 1.54) is 12.3 Å². The Morgan fingerprint density at radius 2 is 2.09 bits per heavy atom. The second-order valence-electron chi connectivity index (χ2n) is 7.87. The normalized spacial score (nSPS) is 15.6. The van der Waals surface area contributed by atoms with Gasteiger partial charge in [0.15, 0.2) is 11.4 Å².